The number of hydrazone groups is 1. The molecular formula is C17H13FN2OS. The Morgan fingerprint density at radius 3 is 2.77 bits per heavy atom. The van der Waals surface area contributed by atoms with Crippen molar-refractivity contribution in [2.24, 2.45) is 5.10 Å². The summed E-state index contributed by atoms with van der Waals surface area (Å²) in [6.45, 7) is 0. The fourth-order valence-electron chi connectivity index (χ4n) is 2.66. The van der Waals surface area contributed by atoms with Gasteiger partial charge in [0.2, 0.25) is 0 Å². The number of furan rings is 1. The maximum absolute atomic E-state index is 14.2. The minimum atomic E-state index is -0.282. The molecule has 0 bridgehead atoms. The molecule has 1 aromatic carbocycles. The van der Waals surface area contributed by atoms with Gasteiger partial charge < -0.3 is 4.42 Å². The Hall–Kier alpha value is -2.40. The van der Waals surface area contributed by atoms with Gasteiger partial charge in [-0.2, -0.15) is 5.10 Å². The Balaban J connectivity index is 1.78. The smallest absolute Gasteiger partial charge is 0.148 e. The lowest BCUT2D eigenvalue weighted by Crippen LogP contribution is -2.19. The normalized spacial score (nSPS) is 17.8. The van der Waals surface area contributed by atoms with Crippen molar-refractivity contribution in [1.29, 1.82) is 0 Å². The zero-order valence-corrected chi connectivity index (χ0v) is 12.5. The van der Waals surface area contributed by atoms with Gasteiger partial charge in [-0.05, 0) is 35.7 Å². The van der Waals surface area contributed by atoms with Crippen molar-refractivity contribution in [3.05, 3.63) is 76.6 Å². The van der Waals surface area contributed by atoms with Crippen LogP contribution >= 0.6 is 11.3 Å². The molecule has 1 atom stereocenters. The van der Waals surface area contributed by atoms with E-state index in [9.17, 15) is 4.39 Å². The SMILES string of the molecule is Fc1ccccc1N1N=C(c2cccs2)C[C@H]1c1ccco1. The van der Waals surface area contributed by atoms with Crippen LogP contribution < -0.4 is 5.01 Å². The minimum Gasteiger partial charge on any atom is -0.467 e. The average molecular weight is 312 g/mol. The second-order valence-corrected chi connectivity index (χ2v) is 6.00. The van der Waals surface area contributed by atoms with E-state index in [4.69, 9.17) is 4.42 Å². The van der Waals surface area contributed by atoms with Crippen LogP contribution in [-0.4, -0.2) is 5.71 Å². The largest absolute Gasteiger partial charge is 0.467 e. The van der Waals surface area contributed by atoms with Gasteiger partial charge in [-0.25, -0.2) is 4.39 Å². The molecule has 0 saturated carbocycles. The molecule has 3 aromatic rings. The fraction of sp³-hybridized carbons (Fsp3) is 0.118. The molecule has 0 fully saturated rings. The van der Waals surface area contributed by atoms with Gasteiger partial charge in [-0.3, -0.25) is 5.01 Å². The van der Waals surface area contributed by atoms with E-state index in [1.54, 1.807) is 34.7 Å². The van der Waals surface area contributed by atoms with Gasteiger partial charge in [0.05, 0.1) is 22.5 Å². The minimum absolute atomic E-state index is 0.121. The van der Waals surface area contributed by atoms with Crippen LogP contribution in [0.1, 0.15) is 23.1 Å². The molecule has 0 unspecified atom stereocenters. The number of halogens is 1. The first-order valence-electron chi connectivity index (χ1n) is 7.01. The summed E-state index contributed by atoms with van der Waals surface area (Å²) in [7, 11) is 0. The van der Waals surface area contributed by atoms with Crippen molar-refractivity contribution in [3.63, 3.8) is 0 Å². The predicted octanol–water partition coefficient (Wildman–Crippen LogP) is 4.84. The standard InChI is InChI=1S/C17H13FN2OS/c18-12-5-1-2-6-14(12)20-15(16-7-3-9-21-16)11-13(19-20)17-8-4-10-22-17/h1-10,15H,11H2/t15-/m0/s1. The molecule has 22 heavy (non-hydrogen) atoms. The highest BCUT2D eigenvalue weighted by atomic mass is 32.1. The van der Waals surface area contributed by atoms with Crippen LogP contribution in [0.5, 0.6) is 0 Å². The molecule has 1 aliphatic rings. The lowest BCUT2D eigenvalue weighted by molar-refractivity contribution is 0.462. The Labute approximate surface area is 131 Å². The van der Waals surface area contributed by atoms with Crippen LogP contribution in [0.4, 0.5) is 10.1 Å². The molecule has 0 saturated heterocycles. The third-order valence-electron chi connectivity index (χ3n) is 3.69. The highest BCUT2D eigenvalue weighted by molar-refractivity contribution is 7.12. The first-order valence-corrected chi connectivity index (χ1v) is 7.89. The number of nitrogens with zero attached hydrogens (tertiary/aromatic N) is 2. The Bertz CT molecular complexity index is 796. The van der Waals surface area contributed by atoms with E-state index in [1.807, 2.05) is 35.7 Å². The number of para-hydroxylation sites is 1. The van der Waals surface area contributed by atoms with E-state index in [2.05, 4.69) is 5.10 Å². The third kappa shape index (κ3) is 2.23. The van der Waals surface area contributed by atoms with Crippen LogP contribution in [0.15, 0.2) is 69.7 Å². The zero-order valence-electron chi connectivity index (χ0n) is 11.6. The molecule has 110 valence electrons. The summed E-state index contributed by atoms with van der Waals surface area (Å²) in [6.07, 6.45) is 2.33. The van der Waals surface area contributed by atoms with Crippen molar-refractivity contribution < 1.29 is 8.81 Å². The number of anilines is 1. The molecule has 0 spiro atoms. The number of hydrogen-bond acceptors (Lipinski definition) is 4. The quantitative estimate of drug-likeness (QED) is 0.692. The average Bonchev–Trinajstić information content (AvgIpc) is 3.27. The van der Waals surface area contributed by atoms with E-state index in [-0.39, 0.29) is 11.9 Å². The number of benzene rings is 1. The Kier molecular flexibility index (Phi) is 3.27. The fourth-order valence-corrected chi connectivity index (χ4v) is 3.39. The Morgan fingerprint density at radius 1 is 1.14 bits per heavy atom. The molecule has 4 rings (SSSR count). The van der Waals surface area contributed by atoms with Crippen molar-refractivity contribution in [2.45, 2.75) is 12.5 Å². The lowest BCUT2D eigenvalue weighted by Gasteiger charge is -2.22. The predicted molar refractivity (Wildman–Crippen MR) is 85.8 cm³/mol. The third-order valence-corrected chi connectivity index (χ3v) is 4.61. The van der Waals surface area contributed by atoms with Gasteiger partial charge in [0, 0.05) is 6.42 Å². The maximum Gasteiger partial charge on any atom is 0.148 e. The molecule has 0 amide bonds. The zero-order chi connectivity index (χ0) is 14.9. The van der Waals surface area contributed by atoms with Crippen LogP contribution in [0.25, 0.3) is 0 Å². The van der Waals surface area contributed by atoms with Gasteiger partial charge in [0.15, 0.2) is 0 Å². The molecule has 1 aliphatic heterocycles. The molecule has 5 heteroatoms. The van der Waals surface area contributed by atoms with E-state index in [0.29, 0.717) is 12.1 Å². The van der Waals surface area contributed by atoms with Crippen molar-refractivity contribution in [3.8, 4) is 0 Å². The van der Waals surface area contributed by atoms with Gasteiger partial charge >= 0.3 is 0 Å². The van der Waals surface area contributed by atoms with Crippen molar-refractivity contribution >= 4 is 22.7 Å². The summed E-state index contributed by atoms with van der Waals surface area (Å²) in [5, 5.41) is 8.40. The van der Waals surface area contributed by atoms with Gasteiger partial charge in [-0.1, -0.05) is 18.2 Å². The van der Waals surface area contributed by atoms with Gasteiger partial charge in [0.1, 0.15) is 17.6 Å². The Morgan fingerprint density at radius 2 is 2.05 bits per heavy atom. The van der Waals surface area contributed by atoms with E-state index in [1.165, 1.54) is 6.07 Å². The monoisotopic (exact) mass is 312 g/mol. The van der Waals surface area contributed by atoms with E-state index >= 15 is 0 Å². The van der Waals surface area contributed by atoms with Crippen LogP contribution in [-0.2, 0) is 0 Å². The molecule has 3 nitrogen and oxygen atoms in total. The summed E-state index contributed by atoms with van der Waals surface area (Å²) in [5.41, 5.74) is 1.43. The second-order valence-electron chi connectivity index (χ2n) is 5.06. The molecule has 2 aromatic heterocycles. The highest BCUT2D eigenvalue weighted by Crippen LogP contribution is 2.38. The van der Waals surface area contributed by atoms with Crippen molar-refractivity contribution in [1.82, 2.24) is 0 Å². The lowest BCUT2D eigenvalue weighted by atomic mass is 10.1. The van der Waals surface area contributed by atoms with Gasteiger partial charge in [0.25, 0.3) is 0 Å². The van der Waals surface area contributed by atoms with E-state index < -0.39 is 0 Å². The van der Waals surface area contributed by atoms with E-state index in [0.717, 1.165) is 16.3 Å². The number of thiophene rings is 1. The highest BCUT2D eigenvalue weighted by Gasteiger charge is 2.33. The number of hydrogen-bond donors (Lipinski definition) is 0. The molecular weight excluding hydrogens is 299 g/mol. The summed E-state index contributed by atoms with van der Waals surface area (Å²) in [4.78, 5) is 1.11. The second kappa shape index (κ2) is 5.42. The summed E-state index contributed by atoms with van der Waals surface area (Å²) >= 11 is 1.64. The first-order chi connectivity index (χ1) is 10.8. The molecule has 0 aliphatic carbocycles. The van der Waals surface area contributed by atoms with Gasteiger partial charge in [-0.15, -0.1) is 11.3 Å². The number of rotatable bonds is 3. The van der Waals surface area contributed by atoms with Crippen LogP contribution in [0, 0.1) is 5.82 Å². The summed E-state index contributed by atoms with van der Waals surface area (Å²) in [6, 6.07) is 14.4. The van der Waals surface area contributed by atoms with Crippen LogP contribution in [0.2, 0.25) is 0 Å². The summed E-state index contributed by atoms with van der Waals surface area (Å²) < 4.78 is 19.7. The van der Waals surface area contributed by atoms with Crippen molar-refractivity contribution in [2.75, 3.05) is 5.01 Å². The molecule has 0 radical (unpaired) electrons. The maximum atomic E-state index is 14.2. The first kappa shape index (κ1) is 13.3. The summed E-state index contributed by atoms with van der Waals surface area (Å²) in [5.74, 6) is 0.508. The van der Waals surface area contributed by atoms with Crippen LogP contribution in [0.3, 0.4) is 0 Å². The molecule has 0 N–H and O–H groups in total. The molecule has 3 heterocycles. The topological polar surface area (TPSA) is 28.7 Å².